The van der Waals surface area contributed by atoms with Crippen molar-refractivity contribution in [2.75, 3.05) is 29.0 Å². The number of sulfonamides is 1. The van der Waals surface area contributed by atoms with E-state index in [0.29, 0.717) is 30.3 Å². The van der Waals surface area contributed by atoms with Crippen LogP contribution in [0.25, 0.3) is 0 Å². The molecule has 0 radical (unpaired) electrons. The Morgan fingerprint density at radius 3 is 2.80 bits per heavy atom. The molecule has 0 aromatic heterocycles. The number of anilines is 2. The number of nitrogens with one attached hydrogen (secondary N) is 1. The zero-order valence-electron chi connectivity index (χ0n) is 11.1. The largest absolute Gasteiger partial charge is 0.489 e. The van der Waals surface area contributed by atoms with Crippen LogP contribution in [0.3, 0.4) is 0 Å². The van der Waals surface area contributed by atoms with Gasteiger partial charge >= 0.3 is 0 Å². The Hall–Kier alpha value is -1.76. The highest BCUT2D eigenvalue weighted by Crippen LogP contribution is 2.36. The lowest BCUT2D eigenvalue weighted by Gasteiger charge is -2.29. The van der Waals surface area contributed by atoms with E-state index in [2.05, 4.69) is 5.32 Å². The average Bonchev–Trinajstić information content (AvgIpc) is 3.20. The van der Waals surface area contributed by atoms with Crippen LogP contribution in [-0.2, 0) is 14.8 Å². The van der Waals surface area contributed by atoms with Crippen molar-refractivity contribution in [3.05, 3.63) is 18.2 Å². The molecule has 0 bridgehead atoms. The number of ether oxygens (including phenoxy) is 1. The normalized spacial score (nSPS) is 18.1. The molecule has 1 aliphatic carbocycles. The molecule has 108 valence electrons. The van der Waals surface area contributed by atoms with Gasteiger partial charge in [0, 0.05) is 17.7 Å². The lowest BCUT2D eigenvalue weighted by molar-refractivity contribution is -0.117. The fourth-order valence-electron chi connectivity index (χ4n) is 2.21. The lowest BCUT2D eigenvalue weighted by atomic mass is 10.2. The van der Waals surface area contributed by atoms with Gasteiger partial charge in [-0.2, -0.15) is 0 Å². The van der Waals surface area contributed by atoms with Crippen LogP contribution in [0.5, 0.6) is 5.75 Å². The highest BCUT2D eigenvalue weighted by atomic mass is 32.2. The Balaban J connectivity index is 1.86. The van der Waals surface area contributed by atoms with E-state index in [1.807, 2.05) is 0 Å². The summed E-state index contributed by atoms with van der Waals surface area (Å²) in [6.45, 7) is 0.611. The third-order valence-electron chi connectivity index (χ3n) is 3.40. The fraction of sp³-hybridized carbons (Fsp3) is 0.462. The molecular formula is C13H16N2O4S. The standard InChI is InChI=1S/C13H16N2O4S/c1-20(17,18)15-6-7-19-12-8-10(4-5-11(12)15)14-13(16)9-2-3-9/h4-5,8-9H,2-3,6-7H2,1H3,(H,14,16). The first-order chi connectivity index (χ1) is 9.45. The van der Waals surface area contributed by atoms with E-state index in [1.54, 1.807) is 18.2 Å². The molecule has 20 heavy (non-hydrogen) atoms. The molecule has 2 aliphatic rings. The monoisotopic (exact) mass is 296 g/mol. The van der Waals surface area contributed by atoms with Gasteiger partial charge in [0.1, 0.15) is 12.4 Å². The van der Waals surface area contributed by atoms with E-state index in [4.69, 9.17) is 4.74 Å². The number of benzene rings is 1. The van der Waals surface area contributed by atoms with Gasteiger partial charge in [0.2, 0.25) is 15.9 Å². The van der Waals surface area contributed by atoms with E-state index in [0.717, 1.165) is 12.8 Å². The summed E-state index contributed by atoms with van der Waals surface area (Å²) in [5.74, 6) is 0.621. The molecule has 3 rings (SSSR count). The zero-order chi connectivity index (χ0) is 14.3. The van der Waals surface area contributed by atoms with Crippen LogP contribution in [-0.4, -0.2) is 33.7 Å². The van der Waals surface area contributed by atoms with E-state index in [9.17, 15) is 13.2 Å². The van der Waals surface area contributed by atoms with Crippen LogP contribution >= 0.6 is 0 Å². The second kappa shape index (κ2) is 4.66. The van der Waals surface area contributed by atoms with Gasteiger partial charge in [0.15, 0.2) is 0 Å². The van der Waals surface area contributed by atoms with Crippen molar-refractivity contribution in [3.8, 4) is 5.75 Å². The van der Waals surface area contributed by atoms with E-state index < -0.39 is 10.0 Å². The second-order valence-corrected chi connectivity index (χ2v) is 7.04. The van der Waals surface area contributed by atoms with Gasteiger partial charge in [-0.3, -0.25) is 9.10 Å². The Labute approximate surface area is 117 Å². The minimum Gasteiger partial charge on any atom is -0.489 e. The first-order valence-corrected chi connectivity index (χ1v) is 8.35. The maximum atomic E-state index is 11.7. The number of carbonyl (C=O) groups excluding carboxylic acids is 1. The van der Waals surface area contributed by atoms with E-state index in [1.165, 1.54) is 10.6 Å². The van der Waals surface area contributed by atoms with Gasteiger partial charge in [-0.1, -0.05) is 0 Å². The predicted molar refractivity (Wildman–Crippen MR) is 75.5 cm³/mol. The molecule has 1 aromatic carbocycles. The number of rotatable bonds is 3. The van der Waals surface area contributed by atoms with Crippen LogP contribution in [0, 0.1) is 5.92 Å². The summed E-state index contributed by atoms with van der Waals surface area (Å²) >= 11 is 0. The highest BCUT2D eigenvalue weighted by Gasteiger charge is 2.30. The van der Waals surface area contributed by atoms with Gasteiger partial charge in [-0.25, -0.2) is 8.42 Å². The van der Waals surface area contributed by atoms with Gasteiger partial charge in [-0.05, 0) is 25.0 Å². The average molecular weight is 296 g/mol. The molecule has 0 saturated heterocycles. The molecular weight excluding hydrogens is 280 g/mol. The first kappa shape index (κ1) is 13.2. The topological polar surface area (TPSA) is 75.7 Å². The molecule has 0 atom stereocenters. The van der Waals surface area contributed by atoms with Crippen molar-refractivity contribution in [2.24, 2.45) is 5.92 Å². The van der Waals surface area contributed by atoms with Crippen molar-refractivity contribution in [3.63, 3.8) is 0 Å². The van der Waals surface area contributed by atoms with Gasteiger partial charge < -0.3 is 10.1 Å². The van der Waals surface area contributed by atoms with Crippen LogP contribution in [0.1, 0.15) is 12.8 Å². The third kappa shape index (κ3) is 2.58. The first-order valence-electron chi connectivity index (χ1n) is 6.50. The molecule has 1 aliphatic heterocycles. The summed E-state index contributed by atoms with van der Waals surface area (Å²) in [5.41, 5.74) is 1.15. The summed E-state index contributed by atoms with van der Waals surface area (Å²) < 4.78 is 30.2. The number of fused-ring (bicyclic) bond motifs is 1. The maximum absolute atomic E-state index is 11.7. The second-order valence-electron chi connectivity index (χ2n) is 5.13. The van der Waals surface area contributed by atoms with Crippen LogP contribution in [0.15, 0.2) is 18.2 Å². The number of amides is 1. The molecule has 0 unspecified atom stereocenters. The van der Waals surface area contributed by atoms with E-state index in [-0.39, 0.29) is 11.8 Å². The Morgan fingerprint density at radius 2 is 2.15 bits per heavy atom. The molecule has 1 N–H and O–H groups in total. The molecule has 1 aromatic rings. The SMILES string of the molecule is CS(=O)(=O)N1CCOc2cc(NC(=O)C3CC3)ccc21. The number of carbonyl (C=O) groups is 1. The fourth-order valence-corrected chi connectivity index (χ4v) is 3.12. The van der Waals surface area contributed by atoms with Crippen molar-refractivity contribution in [2.45, 2.75) is 12.8 Å². The summed E-state index contributed by atoms with van der Waals surface area (Å²) in [6, 6.07) is 5.04. The maximum Gasteiger partial charge on any atom is 0.232 e. The third-order valence-corrected chi connectivity index (χ3v) is 4.58. The van der Waals surface area contributed by atoms with Crippen molar-refractivity contribution in [1.29, 1.82) is 0 Å². The Kier molecular flexibility index (Phi) is 3.08. The number of hydrogen-bond donors (Lipinski definition) is 1. The minimum atomic E-state index is -3.31. The summed E-state index contributed by atoms with van der Waals surface area (Å²) in [5, 5.41) is 2.82. The minimum absolute atomic E-state index is 0.0146. The zero-order valence-corrected chi connectivity index (χ0v) is 11.9. The highest BCUT2D eigenvalue weighted by molar-refractivity contribution is 7.92. The van der Waals surface area contributed by atoms with E-state index >= 15 is 0 Å². The van der Waals surface area contributed by atoms with Crippen LogP contribution in [0.2, 0.25) is 0 Å². The van der Waals surface area contributed by atoms with Gasteiger partial charge in [-0.15, -0.1) is 0 Å². The summed E-state index contributed by atoms with van der Waals surface area (Å²) in [4.78, 5) is 11.7. The Bertz CT molecular complexity index is 652. The molecule has 1 heterocycles. The van der Waals surface area contributed by atoms with Crippen LogP contribution in [0.4, 0.5) is 11.4 Å². The molecule has 6 nitrogen and oxygen atoms in total. The van der Waals surface area contributed by atoms with Crippen molar-refractivity contribution >= 4 is 27.3 Å². The smallest absolute Gasteiger partial charge is 0.232 e. The van der Waals surface area contributed by atoms with Crippen LogP contribution < -0.4 is 14.4 Å². The summed E-state index contributed by atoms with van der Waals surface area (Å²) in [6.07, 6.45) is 3.05. The Morgan fingerprint density at radius 1 is 1.40 bits per heavy atom. The molecule has 1 saturated carbocycles. The molecule has 1 amide bonds. The number of hydrogen-bond acceptors (Lipinski definition) is 4. The summed E-state index contributed by atoms with van der Waals surface area (Å²) in [7, 11) is -3.31. The molecule has 1 fully saturated rings. The number of nitrogens with zero attached hydrogens (tertiary/aromatic N) is 1. The molecule has 7 heteroatoms. The lowest BCUT2D eigenvalue weighted by Crippen LogP contribution is -2.37. The predicted octanol–water partition coefficient (Wildman–Crippen LogP) is 1.19. The molecule has 0 spiro atoms. The van der Waals surface area contributed by atoms with Gasteiger partial charge in [0.25, 0.3) is 0 Å². The van der Waals surface area contributed by atoms with Crippen molar-refractivity contribution < 1.29 is 17.9 Å². The quantitative estimate of drug-likeness (QED) is 0.909. The van der Waals surface area contributed by atoms with Crippen molar-refractivity contribution in [1.82, 2.24) is 0 Å². The van der Waals surface area contributed by atoms with Gasteiger partial charge in [0.05, 0.1) is 18.5 Å².